The first-order valence-corrected chi connectivity index (χ1v) is 7.46. The Labute approximate surface area is 122 Å². The van der Waals surface area contributed by atoms with Gasteiger partial charge in [-0.25, -0.2) is 4.98 Å². The Morgan fingerprint density at radius 2 is 2.15 bits per heavy atom. The monoisotopic (exact) mass is 290 g/mol. The van der Waals surface area contributed by atoms with E-state index in [2.05, 4.69) is 22.4 Å². The van der Waals surface area contributed by atoms with Crippen molar-refractivity contribution in [3.63, 3.8) is 0 Å². The second-order valence-corrected chi connectivity index (χ2v) is 5.37. The smallest absolute Gasteiger partial charge is 0.271 e. The Bertz CT molecular complexity index is 541. The number of hydrogen-bond acceptors (Lipinski definition) is 4. The van der Waals surface area contributed by atoms with Gasteiger partial charge in [-0.3, -0.25) is 4.79 Å². The van der Waals surface area contributed by atoms with E-state index in [1.165, 1.54) is 4.90 Å². The molecule has 3 N–H and O–H groups in total. The predicted molar refractivity (Wildman–Crippen MR) is 80.8 cm³/mol. The fourth-order valence-electron chi connectivity index (χ4n) is 1.69. The van der Waals surface area contributed by atoms with Crippen LogP contribution in [0.5, 0.6) is 0 Å². The van der Waals surface area contributed by atoms with Gasteiger partial charge in [0.1, 0.15) is 5.69 Å². The van der Waals surface area contributed by atoms with Crippen LogP contribution in [-0.4, -0.2) is 34.3 Å². The first kappa shape index (κ1) is 14.6. The van der Waals surface area contributed by atoms with E-state index in [0.717, 1.165) is 5.75 Å². The standard InChI is InChI=1S/C14H18N4OS/c15-6-8-18-10-13(17-11-18)14(19)16-7-9-20-12-4-2-1-3-5-12/h1-5,10-11H,6-9,15H2,(H,16,19). The lowest BCUT2D eigenvalue weighted by Gasteiger charge is -2.03. The van der Waals surface area contributed by atoms with E-state index >= 15 is 0 Å². The minimum Gasteiger partial charge on any atom is -0.350 e. The third-order valence-corrected chi connectivity index (χ3v) is 3.67. The first-order valence-electron chi connectivity index (χ1n) is 6.47. The molecule has 2 aromatic rings. The summed E-state index contributed by atoms with van der Waals surface area (Å²) in [6.07, 6.45) is 3.34. The summed E-state index contributed by atoms with van der Waals surface area (Å²) < 4.78 is 1.81. The van der Waals surface area contributed by atoms with Crippen molar-refractivity contribution >= 4 is 17.7 Å². The van der Waals surface area contributed by atoms with Crippen LogP contribution in [-0.2, 0) is 6.54 Å². The van der Waals surface area contributed by atoms with E-state index < -0.39 is 0 Å². The maximum absolute atomic E-state index is 11.8. The van der Waals surface area contributed by atoms with Crippen molar-refractivity contribution in [2.45, 2.75) is 11.4 Å². The average Bonchev–Trinajstić information content (AvgIpc) is 2.94. The number of nitrogens with zero attached hydrogens (tertiary/aromatic N) is 2. The van der Waals surface area contributed by atoms with Crippen molar-refractivity contribution in [1.29, 1.82) is 0 Å². The third-order valence-electron chi connectivity index (χ3n) is 2.65. The molecule has 0 saturated carbocycles. The second-order valence-electron chi connectivity index (χ2n) is 4.20. The molecule has 0 aliphatic carbocycles. The van der Waals surface area contributed by atoms with Gasteiger partial charge in [-0.1, -0.05) is 18.2 Å². The van der Waals surface area contributed by atoms with Crippen LogP contribution in [0.4, 0.5) is 0 Å². The van der Waals surface area contributed by atoms with Gasteiger partial charge in [-0.2, -0.15) is 0 Å². The molecule has 0 spiro atoms. The maximum Gasteiger partial charge on any atom is 0.271 e. The molecule has 0 atom stereocenters. The van der Waals surface area contributed by atoms with Gasteiger partial charge in [0.2, 0.25) is 0 Å². The fourth-order valence-corrected chi connectivity index (χ4v) is 2.48. The van der Waals surface area contributed by atoms with Crippen LogP contribution in [0.15, 0.2) is 47.8 Å². The topological polar surface area (TPSA) is 72.9 Å². The number of aromatic nitrogens is 2. The van der Waals surface area contributed by atoms with E-state index in [-0.39, 0.29) is 5.91 Å². The van der Waals surface area contributed by atoms with E-state index in [0.29, 0.717) is 25.3 Å². The highest BCUT2D eigenvalue weighted by atomic mass is 32.2. The number of rotatable bonds is 7. The third kappa shape index (κ3) is 4.40. The van der Waals surface area contributed by atoms with Crippen molar-refractivity contribution in [3.05, 3.63) is 48.5 Å². The predicted octanol–water partition coefficient (Wildman–Crippen LogP) is 1.36. The normalized spacial score (nSPS) is 10.4. The van der Waals surface area contributed by atoms with Gasteiger partial charge in [-0.15, -0.1) is 11.8 Å². The minimum absolute atomic E-state index is 0.144. The molecule has 6 heteroatoms. The number of benzene rings is 1. The molecule has 0 aliphatic heterocycles. The Hall–Kier alpha value is -1.79. The summed E-state index contributed by atoms with van der Waals surface area (Å²) in [6.45, 7) is 1.82. The number of imidazole rings is 1. The summed E-state index contributed by atoms with van der Waals surface area (Å²) in [7, 11) is 0. The molecular formula is C14H18N4OS. The number of thioether (sulfide) groups is 1. The molecule has 0 bridgehead atoms. The number of nitrogens with two attached hydrogens (primary N) is 1. The van der Waals surface area contributed by atoms with Gasteiger partial charge in [-0.05, 0) is 12.1 Å². The van der Waals surface area contributed by atoms with E-state index in [4.69, 9.17) is 5.73 Å². The zero-order chi connectivity index (χ0) is 14.2. The van der Waals surface area contributed by atoms with Crippen molar-refractivity contribution in [3.8, 4) is 0 Å². The van der Waals surface area contributed by atoms with E-state index in [9.17, 15) is 4.79 Å². The zero-order valence-corrected chi connectivity index (χ0v) is 12.0. The Morgan fingerprint density at radius 1 is 1.35 bits per heavy atom. The van der Waals surface area contributed by atoms with Gasteiger partial charge < -0.3 is 15.6 Å². The SMILES string of the molecule is NCCn1cnc(C(=O)NCCSc2ccccc2)c1. The summed E-state index contributed by atoms with van der Waals surface area (Å²) in [4.78, 5) is 17.1. The van der Waals surface area contributed by atoms with Crippen molar-refractivity contribution in [2.24, 2.45) is 5.73 Å². The fraction of sp³-hybridized carbons (Fsp3) is 0.286. The molecule has 1 heterocycles. The lowest BCUT2D eigenvalue weighted by atomic mass is 10.4. The summed E-state index contributed by atoms with van der Waals surface area (Å²) in [6, 6.07) is 10.1. The number of carbonyl (C=O) groups excluding carboxylic acids is 1. The van der Waals surface area contributed by atoms with E-state index in [1.54, 1.807) is 24.3 Å². The Balaban J connectivity index is 1.72. The maximum atomic E-state index is 11.8. The number of carbonyl (C=O) groups is 1. The second kappa shape index (κ2) is 7.72. The highest BCUT2D eigenvalue weighted by Crippen LogP contribution is 2.15. The van der Waals surface area contributed by atoms with Crippen LogP contribution in [0.25, 0.3) is 0 Å². The molecule has 5 nitrogen and oxygen atoms in total. The lowest BCUT2D eigenvalue weighted by molar-refractivity contribution is 0.0951. The molecule has 0 saturated heterocycles. The molecule has 1 aromatic carbocycles. The summed E-state index contributed by atoms with van der Waals surface area (Å²) in [5, 5.41) is 2.86. The van der Waals surface area contributed by atoms with Crippen LogP contribution in [0, 0.1) is 0 Å². The largest absolute Gasteiger partial charge is 0.350 e. The number of hydrogen-bond donors (Lipinski definition) is 2. The minimum atomic E-state index is -0.144. The summed E-state index contributed by atoms with van der Waals surface area (Å²) in [5.74, 6) is 0.689. The van der Waals surface area contributed by atoms with Crippen LogP contribution in [0.3, 0.4) is 0 Å². The lowest BCUT2D eigenvalue weighted by Crippen LogP contribution is -2.26. The number of amides is 1. The van der Waals surface area contributed by atoms with Crippen molar-refractivity contribution in [1.82, 2.24) is 14.9 Å². The Morgan fingerprint density at radius 3 is 2.90 bits per heavy atom. The van der Waals surface area contributed by atoms with Crippen LogP contribution in [0.1, 0.15) is 10.5 Å². The summed E-state index contributed by atoms with van der Waals surface area (Å²) >= 11 is 1.71. The molecule has 2 rings (SSSR count). The van der Waals surface area contributed by atoms with Gasteiger partial charge in [0.15, 0.2) is 0 Å². The van der Waals surface area contributed by atoms with Gasteiger partial charge in [0.05, 0.1) is 6.33 Å². The molecule has 106 valence electrons. The Kier molecular flexibility index (Phi) is 5.64. The quantitative estimate of drug-likeness (QED) is 0.596. The van der Waals surface area contributed by atoms with Crippen LogP contribution < -0.4 is 11.1 Å². The molecule has 1 aromatic heterocycles. The van der Waals surface area contributed by atoms with Gasteiger partial charge >= 0.3 is 0 Å². The molecular weight excluding hydrogens is 272 g/mol. The molecule has 0 unspecified atom stereocenters. The van der Waals surface area contributed by atoms with Crippen LogP contribution in [0.2, 0.25) is 0 Å². The highest BCUT2D eigenvalue weighted by molar-refractivity contribution is 7.99. The summed E-state index contributed by atoms with van der Waals surface area (Å²) in [5.41, 5.74) is 5.88. The van der Waals surface area contributed by atoms with Gasteiger partial charge in [0, 0.05) is 36.5 Å². The molecule has 1 amide bonds. The molecule has 0 fully saturated rings. The van der Waals surface area contributed by atoms with E-state index in [1.807, 2.05) is 22.8 Å². The molecule has 0 radical (unpaired) electrons. The number of nitrogens with one attached hydrogen (secondary N) is 1. The highest BCUT2D eigenvalue weighted by Gasteiger charge is 2.08. The van der Waals surface area contributed by atoms with Gasteiger partial charge in [0.25, 0.3) is 5.91 Å². The average molecular weight is 290 g/mol. The first-order chi connectivity index (χ1) is 9.79. The zero-order valence-electron chi connectivity index (χ0n) is 11.2. The van der Waals surface area contributed by atoms with Crippen molar-refractivity contribution in [2.75, 3.05) is 18.8 Å². The molecule has 0 aliphatic rings. The molecule has 20 heavy (non-hydrogen) atoms. The van der Waals surface area contributed by atoms with Crippen LogP contribution >= 0.6 is 11.8 Å². The van der Waals surface area contributed by atoms with Crippen molar-refractivity contribution < 1.29 is 4.79 Å².